The van der Waals surface area contributed by atoms with Crippen LogP contribution in [-0.2, 0) is 16.0 Å². The molecule has 2 aromatic carbocycles. The van der Waals surface area contributed by atoms with Crippen molar-refractivity contribution in [3.8, 4) is 17.1 Å². The summed E-state index contributed by atoms with van der Waals surface area (Å²) in [6.45, 7) is 0. The van der Waals surface area contributed by atoms with Gasteiger partial charge in [0.15, 0.2) is 15.7 Å². The van der Waals surface area contributed by atoms with Crippen LogP contribution in [0.25, 0.3) is 17.1 Å². The van der Waals surface area contributed by atoms with Crippen molar-refractivity contribution in [2.45, 2.75) is 11.1 Å². The Bertz CT molecular complexity index is 1140. The largest absolute Gasteiger partial charge is 0.453 e. The first-order valence-electron chi connectivity index (χ1n) is 7.56. The number of nitro groups is 1. The molecule has 0 N–H and O–H groups in total. The van der Waals surface area contributed by atoms with Crippen molar-refractivity contribution in [2.24, 2.45) is 0 Å². The van der Waals surface area contributed by atoms with E-state index >= 15 is 0 Å². The standard InChI is InChI=1S/C16H11F3N4O4S/c1-28(26,27)13-8-2-10(3-9-13)14-20-15(16(17,18)19)21-22(14)11-4-6-12(7-5-11)23(24)25/h2-9H,1H3. The van der Waals surface area contributed by atoms with Crippen molar-refractivity contribution in [1.29, 1.82) is 0 Å². The van der Waals surface area contributed by atoms with Crippen molar-refractivity contribution in [3.05, 3.63) is 64.5 Å². The molecule has 12 heteroatoms. The van der Waals surface area contributed by atoms with Crippen LogP contribution in [-0.4, -0.2) is 34.4 Å². The third kappa shape index (κ3) is 3.86. The first-order valence-corrected chi connectivity index (χ1v) is 9.45. The van der Waals surface area contributed by atoms with Crippen LogP contribution in [0.4, 0.5) is 18.9 Å². The van der Waals surface area contributed by atoms with Gasteiger partial charge in [-0.3, -0.25) is 10.1 Å². The molecule has 3 rings (SSSR count). The fraction of sp³-hybridized carbons (Fsp3) is 0.125. The second-order valence-electron chi connectivity index (χ2n) is 5.74. The van der Waals surface area contributed by atoms with Gasteiger partial charge in [-0.25, -0.2) is 18.1 Å². The molecule has 0 amide bonds. The Morgan fingerprint density at radius 2 is 1.61 bits per heavy atom. The molecule has 146 valence electrons. The van der Waals surface area contributed by atoms with Crippen molar-refractivity contribution < 1.29 is 26.5 Å². The molecule has 8 nitrogen and oxygen atoms in total. The molecular weight excluding hydrogens is 401 g/mol. The van der Waals surface area contributed by atoms with E-state index in [0.717, 1.165) is 23.1 Å². The molecule has 3 aromatic rings. The minimum atomic E-state index is -4.81. The molecule has 0 saturated heterocycles. The summed E-state index contributed by atoms with van der Waals surface area (Å²) in [7, 11) is -3.48. The Kier molecular flexibility index (Phi) is 4.67. The summed E-state index contributed by atoms with van der Waals surface area (Å²) in [6, 6.07) is 9.83. The lowest BCUT2D eigenvalue weighted by Gasteiger charge is -2.06. The number of halogens is 3. The zero-order valence-corrected chi connectivity index (χ0v) is 14.9. The number of alkyl halides is 3. The van der Waals surface area contributed by atoms with E-state index in [1.54, 1.807) is 0 Å². The molecule has 0 spiro atoms. The summed E-state index contributed by atoms with van der Waals surface area (Å²) in [4.78, 5) is 13.6. The monoisotopic (exact) mass is 412 g/mol. The number of aromatic nitrogens is 3. The van der Waals surface area contributed by atoms with Gasteiger partial charge in [-0.05, 0) is 36.4 Å². The minimum Gasteiger partial charge on any atom is -0.258 e. The number of sulfone groups is 1. The molecule has 0 aliphatic heterocycles. The van der Waals surface area contributed by atoms with Crippen molar-refractivity contribution >= 4 is 15.5 Å². The molecule has 28 heavy (non-hydrogen) atoms. The van der Waals surface area contributed by atoms with Gasteiger partial charge in [-0.15, -0.1) is 5.10 Å². The number of nitro benzene ring substituents is 1. The van der Waals surface area contributed by atoms with Gasteiger partial charge >= 0.3 is 6.18 Å². The molecule has 0 radical (unpaired) electrons. The molecular formula is C16H11F3N4O4S. The topological polar surface area (TPSA) is 108 Å². The number of benzene rings is 2. The Morgan fingerprint density at radius 1 is 1.04 bits per heavy atom. The lowest BCUT2D eigenvalue weighted by molar-refractivity contribution is -0.384. The van der Waals surface area contributed by atoms with Gasteiger partial charge in [0.25, 0.3) is 11.5 Å². The Morgan fingerprint density at radius 3 is 2.07 bits per heavy atom. The van der Waals surface area contributed by atoms with Crippen LogP contribution in [0.1, 0.15) is 5.82 Å². The quantitative estimate of drug-likeness (QED) is 0.481. The van der Waals surface area contributed by atoms with Crippen LogP contribution in [0, 0.1) is 10.1 Å². The number of non-ortho nitro benzene ring substituents is 1. The first kappa shape index (κ1) is 19.5. The summed E-state index contributed by atoms with van der Waals surface area (Å²) in [5, 5.41) is 14.2. The fourth-order valence-electron chi connectivity index (χ4n) is 2.37. The Hall–Kier alpha value is -3.28. The van der Waals surface area contributed by atoms with Crippen LogP contribution in [0.2, 0.25) is 0 Å². The number of hydrogen-bond acceptors (Lipinski definition) is 6. The van der Waals surface area contributed by atoms with E-state index in [1.165, 1.54) is 36.4 Å². The van der Waals surface area contributed by atoms with Crippen LogP contribution in [0.15, 0.2) is 53.4 Å². The van der Waals surface area contributed by atoms with Gasteiger partial charge in [0, 0.05) is 24.0 Å². The molecule has 0 atom stereocenters. The lowest BCUT2D eigenvalue weighted by Crippen LogP contribution is -2.08. The molecule has 0 aliphatic rings. The zero-order valence-electron chi connectivity index (χ0n) is 14.1. The number of hydrogen-bond donors (Lipinski definition) is 0. The Balaban J connectivity index is 2.14. The predicted molar refractivity (Wildman–Crippen MR) is 91.6 cm³/mol. The van der Waals surface area contributed by atoms with E-state index in [4.69, 9.17) is 0 Å². The highest BCUT2D eigenvalue weighted by molar-refractivity contribution is 7.90. The van der Waals surface area contributed by atoms with E-state index in [1.807, 2.05) is 0 Å². The van der Waals surface area contributed by atoms with E-state index < -0.39 is 26.8 Å². The SMILES string of the molecule is CS(=O)(=O)c1ccc(-c2nc(C(F)(F)F)nn2-c2ccc([N+](=O)[O-])cc2)cc1. The summed E-state index contributed by atoms with van der Waals surface area (Å²) < 4.78 is 63.3. The highest BCUT2D eigenvalue weighted by atomic mass is 32.2. The average Bonchev–Trinajstić information content (AvgIpc) is 3.07. The van der Waals surface area contributed by atoms with Gasteiger partial charge in [-0.2, -0.15) is 13.2 Å². The van der Waals surface area contributed by atoms with E-state index in [9.17, 15) is 31.7 Å². The van der Waals surface area contributed by atoms with Crippen molar-refractivity contribution in [2.75, 3.05) is 6.26 Å². The second kappa shape index (κ2) is 6.71. The number of nitrogens with zero attached hydrogens (tertiary/aromatic N) is 4. The molecule has 0 aliphatic carbocycles. The van der Waals surface area contributed by atoms with Crippen molar-refractivity contribution in [3.63, 3.8) is 0 Å². The lowest BCUT2D eigenvalue weighted by atomic mass is 10.2. The molecule has 0 saturated carbocycles. The van der Waals surface area contributed by atoms with Gasteiger partial charge in [0.05, 0.1) is 15.5 Å². The Labute approximate surface area is 156 Å². The first-order chi connectivity index (χ1) is 13.0. The number of rotatable bonds is 4. The van der Waals surface area contributed by atoms with Crippen molar-refractivity contribution in [1.82, 2.24) is 14.8 Å². The fourth-order valence-corrected chi connectivity index (χ4v) is 3.00. The highest BCUT2D eigenvalue weighted by Crippen LogP contribution is 2.31. The predicted octanol–water partition coefficient (Wildman–Crippen LogP) is 3.26. The normalized spacial score (nSPS) is 12.1. The molecule has 1 aromatic heterocycles. The smallest absolute Gasteiger partial charge is 0.258 e. The highest BCUT2D eigenvalue weighted by Gasteiger charge is 2.37. The minimum absolute atomic E-state index is 0.00584. The second-order valence-corrected chi connectivity index (χ2v) is 7.75. The van der Waals surface area contributed by atoms with E-state index in [-0.39, 0.29) is 27.7 Å². The van der Waals surface area contributed by atoms with Crippen LogP contribution < -0.4 is 0 Å². The summed E-state index contributed by atoms with van der Waals surface area (Å²) in [5.74, 6) is -1.59. The molecule has 0 unspecified atom stereocenters. The van der Waals surface area contributed by atoms with Crippen LogP contribution >= 0.6 is 0 Å². The van der Waals surface area contributed by atoms with Gasteiger partial charge in [-0.1, -0.05) is 0 Å². The van der Waals surface area contributed by atoms with Crippen LogP contribution in [0.5, 0.6) is 0 Å². The maximum atomic E-state index is 13.1. The van der Waals surface area contributed by atoms with Gasteiger partial charge in [0.1, 0.15) is 0 Å². The maximum absolute atomic E-state index is 13.1. The van der Waals surface area contributed by atoms with E-state index in [2.05, 4.69) is 10.1 Å². The molecule has 0 fully saturated rings. The van der Waals surface area contributed by atoms with Crippen LogP contribution in [0.3, 0.4) is 0 Å². The third-order valence-corrected chi connectivity index (χ3v) is 4.83. The molecule has 1 heterocycles. The van der Waals surface area contributed by atoms with Gasteiger partial charge in [0.2, 0.25) is 0 Å². The summed E-state index contributed by atoms with van der Waals surface area (Å²) in [6.07, 6.45) is -3.81. The van der Waals surface area contributed by atoms with Gasteiger partial charge < -0.3 is 0 Å². The summed E-state index contributed by atoms with van der Waals surface area (Å²) >= 11 is 0. The third-order valence-electron chi connectivity index (χ3n) is 3.71. The maximum Gasteiger partial charge on any atom is 0.453 e. The average molecular weight is 412 g/mol. The van der Waals surface area contributed by atoms with E-state index in [0.29, 0.717) is 0 Å². The zero-order chi connectivity index (χ0) is 20.7. The summed E-state index contributed by atoms with van der Waals surface area (Å²) in [5.41, 5.74) is 0.0727. The molecule has 0 bridgehead atoms.